The summed E-state index contributed by atoms with van der Waals surface area (Å²) < 4.78 is 11.0. The van der Waals surface area contributed by atoms with E-state index >= 15 is 0 Å². The maximum Gasteiger partial charge on any atom is 0.153 e. The molecule has 2 aromatic heterocycles. The predicted octanol–water partition coefficient (Wildman–Crippen LogP) is 3.82. The highest BCUT2D eigenvalue weighted by molar-refractivity contribution is 5.72. The van der Waals surface area contributed by atoms with Crippen LogP contribution in [-0.2, 0) is 25.7 Å². The number of likely N-dealkylation sites (tertiary alicyclic amines) is 1. The van der Waals surface area contributed by atoms with Crippen molar-refractivity contribution in [2.75, 3.05) is 13.1 Å². The fourth-order valence-electron chi connectivity index (χ4n) is 4.82. The van der Waals surface area contributed by atoms with Crippen molar-refractivity contribution in [1.29, 1.82) is 0 Å². The van der Waals surface area contributed by atoms with E-state index in [2.05, 4.69) is 58.9 Å². The van der Waals surface area contributed by atoms with Crippen molar-refractivity contribution >= 4 is 0 Å². The molecule has 0 amide bonds. The fourth-order valence-corrected chi connectivity index (χ4v) is 4.82. The number of para-hydroxylation sites is 1. The van der Waals surface area contributed by atoms with E-state index in [1.54, 1.807) is 0 Å². The zero-order valence-electron chi connectivity index (χ0n) is 17.5. The molecule has 2 aliphatic rings. The van der Waals surface area contributed by atoms with Gasteiger partial charge in [-0.15, -0.1) is 0 Å². The van der Waals surface area contributed by atoms with Crippen molar-refractivity contribution < 1.29 is 4.74 Å². The number of aryl methyl sites for hydroxylation is 1. The van der Waals surface area contributed by atoms with Crippen LogP contribution in [0.5, 0.6) is 5.75 Å². The van der Waals surface area contributed by atoms with Gasteiger partial charge in [0.1, 0.15) is 5.75 Å². The second-order valence-electron chi connectivity index (χ2n) is 8.88. The molecular weight excluding hydrogens is 362 g/mol. The molecule has 0 radical (unpaired) electrons. The molecule has 0 atom stereocenters. The fraction of sp³-hybridized carbons (Fsp3) is 0.478. The summed E-state index contributed by atoms with van der Waals surface area (Å²) in [4.78, 5) is 7.36. The first-order chi connectivity index (χ1) is 14.0. The summed E-state index contributed by atoms with van der Waals surface area (Å²) in [6.07, 6.45) is 8.03. The first kappa shape index (κ1) is 18.4. The number of nitrogens with zero attached hydrogens (tertiary/aromatic N) is 5. The third kappa shape index (κ3) is 3.25. The van der Waals surface area contributed by atoms with Crippen molar-refractivity contribution in [2.45, 2.75) is 45.4 Å². The lowest BCUT2D eigenvalue weighted by molar-refractivity contribution is -0.0133. The minimum Gasteiger partial charge on any atom is -0.480 e. The van der Waals surface area contributed by atoms with Gasteiger partial charge in [0.15, 0.2) is 5.60 Å². The monoisotopic (exact) mass is 391 g/mol. The van der Waals surface area contributed by atoms with Crippen LogP contribution in [0.1, 0.15) is 37.9 Å². The number of piperidine rings is 1. The summed E-state index contributed by atoms with van der Waals surface area (Å²) in [5, 5.41) is 4.31. The lowest BCUT2D eigenvalue weighted by atomic mass is 9.83. The lowest BCUT2D eigenvalue weighted by Gasteiger charge is -2.44. The Morgan fingerprint density at radius 2 is 1.97 bits per heavy atom. The van der Waals surface area contributed by atoms with Crippen LogP contribution < -0.4 is 4.74 Å². The first-order valence-corrected chi connectivity index (χ1v) is 10.6. The Kier molecular flexibility index (Phi) is 4.46. The molecule has 1 spiro atoms. The molecule has 4 heterocycles. The smallest absolute Gasteiger partial charge is 0.153 e. The van der Waals surface area contributed by atoms with E-state index in [1.807, 2.05) is 24.3 Å². The minimum atomic E-state index is -0.291. The number of aromatic nitrogens is 4. The van der Waals surface area contributed by atoms with Gasteiger partial charge in [-0.3, -0.25) is 9.58 Å². The quantitative estimate of drug-likeness (QED) is 0.678. The predicted molar refractivity (Wildman–Crippen MR) is 113 cm³/mol. The van der Waals surface area contributed by atoms with E-state index in [1.165, 1.54) is 11.3 Å². The highest BCUT2D eigenvalue weighted by atomic mass is 16.5. The summed E-state index contributed by atoms with van der Waals surface area (Å²) in [7, 11) is 1.97. The second kappa shape index (κ2) is 7.02. The van der Waals surface area contributed by atoms with Crippen molar-refractivity contribution in [2.24, 2.45) is 13.0 Å². The zero-order valence-corrected chi connectivity index (χ0v) is 17.5. The maximum absolute atomic E-state index is 6.77. The third-order valence-electron chi connectivity index (χ3n) is 6.11. The highest BCUT2D eigenvalue weighted by Crippen LogP contribution is 2.49. The van der Waals surface area contributed by atoms with Gasteiger partial charge in [0.25, 0.3) is 0 Å². The summed E-state index contributed by atoms with van der Waals surface area (Å²) in [6, 6.07) is 8.34. The van der Waals surface area contributed by atoms with Gasteiger partial charge in [0.05, 0.1) is 23.9 Å². The topological polar surface area (TPSA) is 48.1 Å². The lowest BCUT2D eigenvalue weighted by Crippen LogP contribution is -2.48. The standard InChI is InChI=1S/C23H29N5O/c1-17(2)13-28-16-24-21-19-6-4-5-7-20(19)29-23(22(21)28)8-10-27(11-9-23)15-18-12-25-26(3)14-18/h4-7,12,14,16-17H,8-11,13,15H2,1-3H3. The van der Waals surface area contributed by atoms with Gasteiger partial charge in [0, 0.05) is 63.4 Å². The normalized spacial score (nSPS) is 17.9. The molecule has 2 aliphatic heterocycles. The molecule has 6 nitrogen and oxygen atoms in total. The average Bonchev–Trinajstić information content (AvgIpc) is 3.30. The van der Waals surface area contributed by atoms with Crippen molar-refractivity contribution in [3.8, 4) is 17.0 Å². The Balaban J connectivity index is 1.46. The molecular formula is C23H29N5O. The van der Waals surface area contributed by atoms with Crippen molar-refractivity contribution in [3.63, 3.8) is 0 Å². The van der Waals surface area contributed by atoms with Crippen LogP contribution in [0.4, 0.5) is 0 Å². The van der Waals surface area contributed by atoms with E-state index in [9.17, 15) is 0 Å². The van der Waals surface area contributed by atoms with Gasteiger partial charge in [-0.05, 0) is 18.1 Å². The molecule has 5 rings (SSSR count). The summed E-state index contributed by atoms with van der Waals surface area (Å²) in [5.74, 6) is 1.53. The van der Waals surface area contributed by atoms with E-state index < -0.39 is 0 Å². The molecule has 6 heteroatoms. The van der Waals surface area contributed by atoms with Gasteiger partial charge in [-0.25, -0.2) is 4.98 Å². The van der Waals surface area contributed by atoms with Crippen LogP contribution >= 0.6 is 0 Å². The maximum atomic E-state index is 6.77. The van der Waals surface area contributed by atoms with Crippen LogP contribution in [0, 0.1) is 5.92 Å². The average molecular weight is 392 g/mol. The number of hydrogen-bond acceptors (Lipinski definition) is 4. The van der Waals surface area contributed by atoms with Gasteiger partial charge >= 0.3 is 0 Å². The number of rotatable bonds is 4. The molecule has 152 valence electrons. The van der Waals surface area contributed by atoms with E-state index in [-0.39, 0.29) is 5.60 Å². The SMILES string of the molecule is CC(C)Cn1cnc2c1C1(CCN(Cc3cnn(C)c3)CC1)Oc1ccccc1-2. The Hall–Kier alpha value is -2.60. The van der Waals surface area contributed by atoms with Crippen LogP contribution in [0.3, 0.4) is 0 Å². The second-order valence-corrected chi connectivity index (χ2v) is 8.88. The van der Waals surface area contributed by atoms with E-state index in [0.717, 1.165) is 56.0 Å². The molecule has 1 saturated heterocycles. The van der Waals surface area contributed by atoms with Gasteiger partial charge in [-0.2, -0.15) is 5.10 Å². The van der Waals surface area contributed by atoms with Gasteiger partial charge < -0.3 is 9.30 Å². The molecule has 0 N–H and O–H groups in total. The Morgan fingerprint density at radius 3 is 2.69 bits per heavy atom. The van der Waals surface area contributed by atoms with Crippen LogP contribution in [-0.4, -0.2) is 37.3 Å². The zero-order chi connectivity index (χ0) is 20.0. The number of benzene rings is 1. The Labute approximate surface area is 172 Å². The largest absolute Gasteiger partial charge is 0.480 e. The molecule has 0 bridgehead atoms. The molecule has 29 heavy (non-hydrogen) atoms. The third-order valence-corrected chi connectivity index (χ3v) is 6.11. The minimum absolute atomic E-state index is 0.291. The Morgan fingerprint density at radius 1 is 1.17 bits per heavy atom. The van der Waals surface area contributed by atoms with Gasteiger partial charge in [-0.1, -0.05) is 26.0 Å². The van der Waals surface area contributed by atoms with E-state index in [0.29, 0.717) is 5.92 Å². The number of imidazole rings is 1. The molecule has 0 aliphatic carbocycles. The highest BCUT2D eigenvalue weighted by Gasteiger charge is 2.46. The molecule has 1 fully saturated rings. The number of ether oxygens (including phenoxy) is 1. The summed E-state index contributed by atoms with van der Waals surface area (Å²) >= 11 is 0. The molecule has 0 saturated carbocycles. The molecule has 0 unspecified atom stereocenters. The molecule has 1 aromatic carbocycles. The van der Waals surface area contributed by atoms with Crippen molar-refractivity contribution in [1.82, 2.24) is 24.2 Å². The van der Waals surface area contributed by atoms with Crippen LogP contribution in [0.25, 0.3) is 11.3 Å². The van der Waals surface area contributed by atoms with Crippen LogP contribution in [0.15, 0.2) is 43.0 Å². The Bertz CT molecular complexity index is 1010. The number of hydrogen-bond donors (Lipinski definition) is 0. The van der Waals surface area contributed by atoms with Gasteiger partial charge in [0.2, 0.25) is 0 Å². The van der Waals surface area contributed by atoms with E-state index in [4.69, 9.17) is 9.72 Å². The first-order valence-electron chi connectivity index (χ1n) is 10.6. The van der Waals surface area contributed by atoms with Crippen LogP contribution in [0.2, 0.25) is 0 Å². The summed E-state index contributed by atoms with van der Waals surface area (Å²) in [5.41, 5.74) is 4.47. The van der Waals surface area contributed by atoms with Crippen molar-refractivity contribution in [3.05, 3.63) is 54.2 Å². The molecule has 3 aromatic rings. The number of fused-ring (bicyclic) bond motifs is 4. The summed E-state index contributed by atoms with van der Waals surface area (Å²) in [6.45, 7) is 8.43.